The first-order chi connectivity index (χ1) is 14.5. The Bertz CT molecular complexity index is 1050. The second kappa shape index (κ2) is 9.50. The number of furan rings is 1. The van der Waals surface area contributed by atoms with Crippen molar-refractivity contribution in [3.8, 4) is 22.6 Å². The number of ether oxygens (including phenoxy) is 3. The summed E-state index contributed by atoms with van der Waals surface area (Å²) in [4.78, 5) is 12.4. The highest BCUT2D eigenvalue weighted by Crippen LogP contribution is 2.37. The number of methoxy groups -OCH3 is 3. The van der Waals surface area contributed by atoms with E-state index in [1.165, 1.54) is 0 Å². The van der Waals surface area contributed by atoms with E-state index in [2.05, 4.69) is 5.32 Å². The van der Waals surface area contributed by atoms with Gasteiger partial charge in [0.1, 0.15) is 17.1 Å². The van der Waals surface area contributed by atoms with E-state index in [0.717, 1.165) is 33.4 Å². The minimum Gasteiger partial charge on any atom is -0.497 e. The Morgan fingerprint density at radius 1 is 1.13 bits per heavy atom. The van der Waals surface area contributed by atoms with E-state index in [4.69, 9.17) is 18.6 Å². The fraction of sp³-hybridized carbons (Fsp3) is 0.292. The second-order valence-corrected chi connectivity index (χ2v) is 7.12. The van der Waals surface area contributed by atoms with E-state index in [1.807, 2.05) is 50.2 Å². The van der Waals surface area contributed by atoms with Gasteiger partial charge in [0.2, 0.25) is 5.91 Å². The molecule has 0 radical (unpaired) electrons. The van der Waals surface area contributed by atoms with Crippen LogP contribution >= 0.6 is 0 Å². The molecule has 6 nitrogen and oxygen atoms in total. The third-order valence-electron chi connectivity index (χ3n) is 4.87. The zero-order chi connectivity index (χ0) is 21.7. The maximum absolute atomic E-state index is 12.4. The second-order valence-electron chi connectivity index (χ2n) is 7.12. The maximum atomic E-state index is 12.4. The highest BCUT2D eigenvalue weighted by Gasteiger charge is 2.15. The van der Waals surface area contributed by atoms with Crippen LogP contribution in [-0.4, -0.2) is 39.9 Å². The van der Waals surface area contributed by atoms with Crippen LogP contribution in [0.2, 0.25) is 0 Å². The van der Waals surface area contributed by atoms with E-state index >= 15 is 0 Å². The third kappa shape index (κ3) is 4.66. The van der Waals surface area contributed by atoms with Gasteiger partial charge < -0.3 is 23.9 Å². The summed E-state index contributed by atoms with van der Waals surface area (Å²) in [6.07, 6.45) is 3.30. The average molecular weight is 409 g/mol. The molecule has 0 aliphatic heterocycles. The zero-order valence-electron chi connectivity index (χ0n) is 17.9. The normalized spacial score (nSPS) is 12.6. The molecular weight excluding hydrogens is 382 g/mol. The molecule has 30 heavy (non-hydrogen) atoms. The smallest absolute Gasteiger partial charge is 0.244 e. The fourth-order valence-corrected chi connectivity index (χ4v) is 3.38. The van der Waals surface area contributed by atoms with Gasteiger partial charge in [-0.3, -0.25) is 4.79 Å². The van der Waals surface area contributed by atoms with Gasteiger partial charge in [-0.25, -0.2) is 0 Å². The Morgan fingerprint density at radius 3 is 2.50 bits per heavy atom. The minimum absolute atomic E-state index is 0.0773. The summed E-state index contributed by atoms with van der Waals surface area (Å²) < 4.78 is 21.6. The summed E-state index contributed by atoms with van der Waals surface area (Å²) in [5.41, 5.74) is 4.31. The Kier molecular flexibility index (Phi) is 6.79. The molecule has 0 spiro atoms. The van der Waals surface area contributed by atoms with Gasteiger partial charge in [-0.2, -0.15) is 0 Å². The number of nitrogens with one attached hydrogen (secondary N) is 1. The van der Waals surface area contributed by atoms with Gasteiger partial charge in [-0.05, 0) is 43.2 Å². The lowest BCUT2D eigenvalue weighted by atomic mass is 9.99. The number of hydrogen-bond donors (Lipinski definition) is 1. The van der Waals surface area contributed by atoms with Crippen LogP contribution < -0.4 is 14.8 Å². The maximum Gasteiger partial charge on any atom is 0.244 e. The van der Waals surface area contributed by atoms with Gasteiger partial charge in [-0.15, -0.1) is 0 Å². The number of carbonyl (C=O) groups excluding carboxylic acids is 1. The number of rotatable bonds is 8. The van der Waals surface area contributed by atoms with Gasteiger partial charge in [0, 0.05) is 41.8 Å². The number of fused-ring (bicyclic) bond motifs is 1. The molecule has 0 saturated carbocycles. The molecule has 3 aromatic rings. The summed E-state index contributed by atoms with van der Waals surface area (Å²) in [6.45, 7) is 4.23. The Labute approximate surface area is 176 Å². The molecule has 1 aromatic heterocycles. The molecule has 0 fully saturated rings. The Balaban J connectivity index is 1.99. The van der Waals surface area contributed by atoms with Crippen molar-refractivity contribution in [2.75, 3.05) is 27.9 Å². The summed E-state index contributed by atoms with van der Waals surface area (Å²) in [5.74, 6) is 1.26. The van der Waals surface area contributed by atoms with Gasteiger partial charge in [-0.1, -0.05) is 12.1 Å². The number of hydrogen-bond acceptors (Lipinski definition) is 5. The molecular formula is C24H27NO5. The first-order valence-electron chi connectivity index (χ1n) is 9.68. The molecule has 0 aliphatic rings. The Morgan fingerprint density at radius 2 is 1.87 bits per heavy atom. The lowest BCUT2D eigenvalue weighted by Crippen LogP contribution is -2.34. The largest absolute Gasteiger partial charge is 0.497 e. The number of allylic oxidation sites excluding steroid dienone is 1. The lowest BCUT2D eigenvalue weighted by Gasteiger charge is -2.13. The SMILES string of the molecule is COCC(C)NC(=O)/C=C(\C)c1cc2c(-c3ccc(OC)cc3)coc2cc1OC. The van der Waals surface area contributed by atoms with Crippen LogP contribution in [0, 0.1) is 0 Å². The zero-order valence-corrected chi connectivity index (χ0v) is 17.9. The average Bonchev–Trinajstić information content (AvgIpc) is 3.15. The molecule has 1 amide bonds. The van der Waals surface area contributed by atoms with Gasteiger partial charge in [0.05, 0.1) is 27.1 Å². The van der Waals surface area contributed by atoms with Crippen molar-refractivity contribution in [3.63, 3.8) is 0 Å². The highest BCUT2D eigenvalue weighted by atomic mass is 16.5. The molecule has 158 valence electrons. The number of amides is 1. The van der Waals surface area contributed by atoms with Crippen molar-refractivity contribution >= 4 is 22.4 Å². The van der Waals surface area contributed by atoms with Crippen LogP contribution in [0.1, 0.15) is 19.4 Å². The summed E-state index contributed by atoms with van der Waals surface area (Å²) >= 11 is 0. The lowest BCUT2D eigenvalue weighted by molar-refractivity contribution is -0.117. The molecule has 1 atom stereocenters. The summed E-state index contributed by atoms with van der Waals surface area (Å²) in [5, 5.41) is 3.83. The molecule has 1 unspecified atom stereocenters. The van der Waals surface area contributed by atoms with Crippen LogP contribution in [0.25, 0.3) is 27.7 Å². The number of benzene rings is 2. The highest BCUT2D eigenvalue weighted by molar-refractivity contribution is 6.00. The summed E-state index contributed by atoms with van der Waals surface area (Å²) in [6, 6.07) is 11.6. The van der Waals surface area contributed by atoms with Gasteiger partial charge in [0.15, 0.2) is 0 Å². The molecule has 0 bridgehead atoms. The van der Waals surface area contributed by atoms with Crippen molar-refractivity contribution < 1.29 is 23.4 Å². The first-order valence-corrected chi connectivity index (χ1v) is 9.68. The quantitative estimate of drug-likeness (QED) is 0.548. The van der Waals surface area contributed by atoms with Crippen LogP contribution in [0.5, 0.6) is 11.5 Å². The van der Waals surface area contributed by atoms with Crippen molar-refractivity contribution in [1.29, 1.82) is 0 Å². The topological polar surface area (TPSA) is 69.9 Å². The molecule has 0 aliphatic carbocycles. The van der Waals surface area contributed by atoms with E-state index in [0.29, 0.717) is 17.9 Å². The van der Waals surface area contributed by atoms with Crippen molar-refractivity contribution in [3.05, 3.63) is 54.3 Å². The van der Waals surface area contributed by atoms with Crippen molar-refractivity contribution in [2.24, 2.45) is 0 Å². The predicted molar refractivity (Wildman–Crippen MR) is 118 cm³/mol. The van der Waals surface area contributed by atoms with Crippen molar-refractivity contribution in [1.82, 2.24) is 5.32 Å². The van der Waals surface area contributed by atoms with Gasteiger partial charge >= 0.3 is 0 Å². The number of carbonyl (C=O) groups is 1. The molecule has 1 heterocycles. The summed E-state index contributed by atoms with van der Waals surface area (Å²) in [7, 11) is 4.85. The van der Waals surface area contributed by atoms with E-state index in [9.17, 15) is 4.79 Å². The minimum atomic E-state index is -0.179. The molecule has 0 saturated heterocycles. The third-order valence-corrected chi connectivity index (χ3v) is 4.87. The molecule has 3 rings (SSSR count). The monoisotopic (exact) mass is 409 g/mol. The van der Waals surface area contributed by atoms with Crippen LogP contribution in [0.3, 0.4) is 0 Å². The van der Waals surface area contributed by atoms with E-state index < -0.39 is 0 Å². The van der Waals surface area contributed by atoms with Crippen LogP contribution in [0.4, 0.5) is 0 Å². The van der Waals surface area contributed by atoms with E-state index in [1.54, 1.807) is 33.7 Å². The molecule has 1 N–H and O–H groups in total. The fourth-order valence-electron chi connectivity index (χ4n) is 3.38. The van der Waals surface area contributed by atoms with Crippen LogP contribution in [-0.2, 0) is 9.53 Å². The molecule has 2 aromatic carbocycles. The Hall–Kier alpha value is -3.25. The van der Waals surface area contributed by atoms with Gasteiger partial charge in [0.25, 0.3) is 0 Å². The van der Waals surface area contributed by atoms with Crippen molar-refractivity contribution in [2.45, 2.75) is 19.9 Å². The van der Waals surface area contributed by atoms with E-state index in [-0.39, 0.29) is 11.9 Å². The van der Waals surface area contributed by atoms with Crippen LogP contribution in [0.15, 0.2) is 53.2 Å². The predicted octanol–water partition coefficient (Wildman–Crippen LogP) is 4.67. The standard InChI is InChI=1S/C24H27NO5/c1-15(10-24(26)25-16(2)13-27-3)19-11-20-21(14-30-23(20)12-22(19)29-5)17-6-8-18(28-4)9-7-17/h6-12,14,16H,13H2,1-5H3,(H,25,26)/b15-10+. The first kappa shape index (κ1) is 21.5. The molecule has 6 heteroatoms.